The van der Waals surface area contributed by atoms with Crippen LogP contribution in [-0.2, 0) is 11.3 Å². The van der Waals surface area contributed by atoms with Gasteiger partial charge in [0.15, 0.2) is 0 Å². The molecule has 1 aromatic heterocycles. The smallest absolute Gasteiger partial charge is 0.234 e. The van der Waals surface area contributed by atoms with Gasteiger partial charge >= 0.3 is 0 Å². The molecule has 106 valence electrons. The number of carbonyl (C=O) groups is 1. The van der Waals surface area contributed by atoms with Gasteiger partial charge in [-0.1, -0.05) is 13.0 Å². The second-order valence-electron chi connectivity index (χ2n) is 4.98. The van der Waals surface area contributed by atoms with Gasteiger partial charge in [0.1, 0.15) is 0 Å². The number of hydrogen-bond acceptors (Lipinski definition) is 4. The number of nitrogens with zero attached hydrogens (tertiary/aromatic N) is 1. The van der Waals surface area contributed by atoms with Gasteiger partial charge in [0.05, 0.1) is 13.1 Å². The molecular formula is C14H23N3OS. The molecule has 2 rings (SSSR count). The van der Waals surface area contributed by atoms with E-state index in [4.69, 9.17) is 0 Å². The Kier molecular flexibility index (Phi) is 5.82. The van der Waals surface area contributed by atoms with E-state index in [2.05, 4.69) is 22.5 Å². The van der Waals surface area contributed by atoms with Crippen molar-refractivity contribution >= 4 is 17.2 Å². The minimum absolute atomic E-state index is 0.119. The maximum atomic E-state index is 11.9. The first-order chi connectivity index (χ1) is 9.28. The van der Waals surface area contributed by atoms with Gasteiger partial charge in [0, 0.05) is 17.5 Å². The van der Waals surface area contributed by atoms with E-state index in [9.17, 15) is 4.79 Å². The number of likely N-dealkylation sites (N-methyl/N-ethyl adjacent to an activating group) is 1. The fraction of sp³-hybridized carbons (Fsp3) is 0.643. The van der Waals surface area contributed by atoms with Gasteiger partial charge in [-0.2, -0.15) is 0 Å². The van der Waals surface area contributed by atoms with Crippen LogP contribution in [0.1, 0.15) is 24.6 Å². The minimum Gasteiger partial charge on any atom is -0.350 e. The third-order valence-electron chi connectivity index (χ3n) is 3.50. The summed E-state index contributed by atoms with van der Waals surface area (Å²) in [5, 5.41) is 8.49. The van der Waals surface area contributed by atoms with Crippen LogP contribution < -0.4 is 10.6 Å². The predicted molar refractivity (Wildman–Crippen MR) is 79.3 cm³/mol. The Labute approximate surface area is 119 Å². The van der Waals surface area contributed by atoms with Crippen LogP contribution in [0, 0.1) is 0 Å². The van der Waals surface area contributed by atoms with Crippen LogP contribution >= 0.6 is 11.3 Å². The number of thiophene rings is 1. The van der Waals surface area contributed by atoms with E-state index >= 15 is 0 Å². The Morgan fingerprint density at radius 2 is 2.53 bits per heavy atom. The van der Waals surface area contributed by atoms with Gasteiger partial charge in [0.2, 0.25) is 5.91 Å². The van der Waals surface area contributed by atoms with E-state index in [0.29, 0.717) is 19.1 Å². The summed E-state index contributed by atoms with van der Waals surface area (Å²) in [5.74, 6) is 0.119. The number of carbonyl (C=O) groups excluding carboxylic acids is 1. The molecule has 2 heterocycles. The van der Waals surface area contributed by atoms with Crippen LogP contribution in [0.15, 0.2) is 17.5 Å². The molecule has 1 amide bonds. The van der Waals surface area contributed by atoms with Crippen molar-refractivity contribution in [3.05, 3.63) is 22.4 Å². The highest BCUT2D eigenvalue weighted by Gasteiger charge is 2.18. The summed E-state index contributed by atoms with van der Waals surface area (Å²) in [7, 11) is 0. The molecule has 1 aliphatic heterocycles. The normalized spacial score (nSPS) is 18.9. The second-order valence-corrected chi connectivity index (χ2v) is 6.01. The van der Waals surface area contributed by atoms with Crippen LogP contribution in [0.5, 0.6) is 0 Å². The van der Waals surface area contributed by atoms with Crippen molar-refractivity contribution in [2.45, 2.75) is 32.4 Å². The standard InChI is InChI=1S/C14H23N3OS/c1-2-17(10-12-5-3-7-15-12)11-14(18)16-9-13-6-4-8-19-13/h4,6,8,12,15H,2-3,5,7,9-11H2,1H3,(H,16,18). The summed E-state index contributed by atoms with van der Waals surface area (Å²) in [6, 6.07) is 4.62. The van der Waals surface area contributed by atoms with E-state index in [1.54, 1.807) is 11.3 Å². The second kappa shape index (κ2) is 7.62. The Balaban J connectivity index is 1.69. The van der Waals surface area contributed by atoms with E-state index in [1.165, 1.54) is 17.7 Å². The Morgan fingerprint density at radius 3 is 3.16 bits per heavy atom. The fourth-order valence-electron chi connectivity index (χ4n) is 2.39. The van der Waals surface area contributed by atoms with Gasteiger partial charge in [-0.3, -0.25) is 9.69 Å². The Morgan fingerprint density at radius 1 is 1.63 bits per heavy atom. The third-order valence-corrected chi connectivity index (χ3v) is 4.37. The first kappa shape index (κ1) is 14.5. The largest absolute Gasteiger partial charge is 0.350 e. The quantitative estimate of drug-likeness (QED) is 0.795. The van der Waals surface area contributed by atoms with Gasteiger partial charge < -0.3 is 10.6 Å². The highest BCUT2D eigenvalue weighted by atomic mass is 32.1. The lowest BCUT2D eigenvalue weighted by molar-refractivity contribution is -0.122. The molecule has 1 atom stereocenters. The lowest BCUT2D eigenvalue weighted by Gasteiger charge is -2.23. The molecule has 1 unspecified atom stereocenters. The van der Waals surface area contributed by atoms with Crippen LogP contribution in [-0.4, -0.2) is 43.0 Å². The van der Waals surface area contributed by atoms with Crippen molar-refractivity contribution in [3.8, 4) is 0 Å². The zero-order valence-corrected chi connectivity index (χ0v) is 12.3. The number of rotatable bonds is 7. The summed E-state index contributed by atoms with van der Waals surface area (Å²) < 4.78 is 0. The van der Waals surface area contributed by atoms with E-state index in [-0.39, 0.29) is 5.91 Å². The molecule has 0 spiro atoms. The highest BCUT2D eigenvalue weighted by Crippen LogP contribution is 2.08. The van der Waals surface area contributed by atoms with Gasteiger partial charge in [-0.05, 0) is 37.4 Å². The molecule has 0 saturated carbocycles. The summed E-state index contributed by atoms with van der Waals surface area (Å²) in [4.78, 5) is 15.3. The van der Waals surface area contributed by atoms with Crippen molar-refractivity contribution in [3.63, 3.8) is 0 Å². The van der Waals surface area contributed by atoms with Crippen molar-refractivity contribution in [2.24, 2.45) is 0 Å². The summed E-state index contributed by atoms with van der Waals surface area (Å²) in [5.41, 5.74) is 0. The molecule has 5 heteroatoms. The summed E-state index contributed by atoms with van der Waals surface area (Å²) in [6.07, 6.45) is 2.49. The molecule has 2 N–H and O–H groups in total. The Bertz CT molecular complexity index is 374. The molecule has 1 aliphatic rings. The average molecular weight is 281 g/mol. The topological polar surface area (TPSA) is 44.4 Å². The average Bonchev–Trinajstić information content (AvgIpc) is 3.08. The van der Waals surface area contributed by atoms with E-state index in [1.807, 2.05) is 17.5 Å². The Hall–Kier alpha value is -0.910. The fourth-order valence-corrected chi connectivity index (χ4v) is 3.03. The van der Waals surface area contributed by atoms with Crippen molar-refractivity contribution in [1.29, 1.82) is 0 Å². The van der Waals surface area contributed by atoms with Crippen molar-refractivity contribution < 1.29 is 4.79 Å². The first-order valence-electron chi connectivity index (χ1n) is 7.02. The molecule has 0 radical (unpaired) electrons. The molecular weight excluding hydrogens is 258 g/mol. The van der Waals surface area contributed by atoms with Gasteiger partial charge in [-0.25, -0.2) is 0 Å². The van der Waals surface area contributed by atoms with Crippen LogP contribution in [0.25, 0.3) is 0 Å². The maximum absolute atomic E-state index is 11.9. The minimum atomic E-state index is 0.119. The lowest BCUT2D eigenvalue weighted by Crippen LogP contribution is -2.42. The molecule has 0 bridgehead atoms. The van der Waals surface area contributed by atoms with Crippen LogP contribution in [0.3, 0.4) is 0 Å². The zero-order valence-electron chi connectivity index (χ0n) is 11.5. The zero-order chi connectivity index (χ0) is 13.5. The molecule has 19 heavy (non-hydrogen) atoms. The number of nitrogens with one attached hydrogen (secondary N) is 2. The molecule has 1 aromatic rings. The van der Waals surface area contributed by atoms with Crippen LogP contribution in [0.4, 0.5) is 0 Å². The molecule has 1 fully saturated rings. The maximum Gasteiger partial charge on any atom is 0.234 e. The highest BCUT2D eigenvalue weighted by molar-refractivity contribution is 7.09. The molecule has 4 nitrogen and oxygen atoms in total. The van der Waals surface area contributed by atoms with Gasteiger partial charge in [-0.15, -0.1) is 11.3 Å². The van der Waals surface area contributed by atoms with Crippen molar-refractivity contribution in [2.75, 3.05) is 26.2 Å². The lowest BCUT2D eigenvalue weighted by atomic mass is 10.2. The summed E-state index contributed by atoms with van der Waals surface area (Å²) in [6.45, 7) is 6.28. The molecule has 1 saturated heterocycles. The number of hydrogen-bond donors (Lipinski definition) is 2. The van der Waals surface area contributed by atoms with Crippen LogP contribution in [0.2, 0.25) is 0 Å². The van der Waals surface area contributed by atoms with E-state index < -0.39 is 0 Å². The first-order valence-corrected chi connectivity index (χ1v) is 7.90. The molecule has 0 aliphatic carbocycles. The molecule has 0 aromatic carbocycles. The third kappa shape index (κ3) is 4.93. The van der Waals surface area contributed by atoms with Crippen molar-refractivity contribution in [1.82, 2.24) is 15.5 Å². The monoisotopic (exact) mass is 281 g/mol. The summed E-state index contributed by atoms with van der Waals surface area (Å²) >= 11 is 1.68. The number of amides is 1. The predicted octanol–water partition coefficient (Wildman–Crippen LogP) is 1.44. The SMILES string of the molecule is CCN(CC(=O)NCc1cccs1)CC1CCCN1. The van der Waals surface area contributed by atoms with Gasteiger partial charge in [0.25, 0.3) is 0 Å². The van der Waals surface area contributed by atoms with E-state index in [0.717, 1.165) is 19.6 Å².